The Balaban J connectivity index is 1.26. The molecule has 0 unspecified atom stereocenters. The molecule has 0 amide bonds. The molecule has 0 saturated carbocycles. The predicted molar refractivity (Wildman–Crippen MR) is 109 cm³/mol. The highest BCUT2D eigenvalue weighted by atomic mass is 32.2. The second kappa shape index (κ2) is 7.48. The minimum absolute atomic E-state index is 0.222. The third-order valence-electron chi connectivity index (χ3n) is 4.39. The van der Waals surface area contributed by atoms with Crippen molar-refractivity contribution in [2.75, 3.05) is 0 Å². The maximum atomic E-state index is 11.0. The molecule has 10 heteroatoms. The molecule has 0 fully saturated rings. The Morgan fingerprint density at radius 1 is 1.17 bits per heavy atom. The molecule has 2 aromatic carbocycles. The molecule has 30 heavy (non-hydrogen) atoms. The van der Waals surface area contributed by atoms with Crippen molar-refractivity contribution in [3.63, 3.8) is 0 Å². The number of rotatable bonds is 6. The number of aromatic nitrogens is 6. The van der Waals surface area contributed by atoms with Crippen molar-refractivity contribution >= 4 is 28.7 Å². The summed E-state index contributed by atoms with van der Waals surface area (Å²) in [5.41, 5.74) is 2.50. The molecule has 5 aromatic rings. The van der Waals surface area contributed by atoms with Crippen LogP contribution in [0.1, 0.15) is 16.1 Å². The van der Waals surface area contributed by atoms with Crippen LogP contribution >= 0.6 is 11.8 Å². The van der Waals surface area contributed by atoms with Crippen LogP contribution in [-0.4, -0.2) is 41.3 Å². The van der Waals surface area contributed by atoms with Crippen LogP contribution in [0.2, 0.25) is 0 Å². The third kappa shape index (κ3) is 3.55. The molecule has 3 aromatic heterocycles. The first kappa shape index (κ1) is 18.1. The van der Waals surface area contributed by atoms with E-state index in [9.17, 15) is 4.79 Å². The SMILES string of the molecule is O=C(O)c1ccc(-n2cc(CSc3n[nH]c(-c4cc5ccccc5o4)n3)nn2)cc1. The Bertz CT molecular complexity index is 1310. The fraction of sp³-hybridized carbons (Fsp3) is 0.0500. The zero-order valence-electron chi connectivity index (χ0n) is 15.4. The van der Waals surface area contributed by atoms with Gasteiger partial charge in [-0.15, -0.1) is 10.2 Å². The molecule has 5 rings (SSSR count). The lowest BCUT2D eigenvalue weighted by molar-refractivity contribution is 0.0697. The number of hydrogen-bond acceptors (Lipinski definition) is 7. The normalized spacial score (nSPS) is 11.2. The molecule has 3 heterocycles. The van der Waals surface area contributed by atoms with Gasteiger partial charge in [-0.3, -0.25) is 5.10 Å². The zero-order valence-corrected chi connectivity index (χ0v) is 16.2. The van der Waals surface area contributed by atoms with Gasteiger partial charge >= 0.3 is 5.97 Å². The summed E-state index contributed by atoms with van der Waals surface area (Å²) in [7, 11) is 0. The maximum Gasteiger partial charge on any atom is 0.335 e. The molecular weight excluding hydrogens is 404 g/mol. The van der Waals surface area contributed by atoms with E-state index in [1.807, 2.05) is 30.3 Å². The summed E-state index contributed by atoms with van der Waals surface area (Å²) in [6.45, 7) is 0. The molecule has 0 spiro atoms. The average molecular weight is 418 g/mol. The van der Waals surface area contributed by atoms with Gasteiger partial charge in [0.1, 0.15) is 5.58 Å². The van der Waals surface area contributed by atoms with E-state index >= 15 is 0 Å². The minimum Gasteiger partial charge on any atom is -0.478 e. The number of nitrogens with zero attached hydrogens (tertiary/aromatic N) is 5. The van der Waals surface area contributed by atoms with Crippen LogP contribution in [0.15, 0.2) is 70.4 Å². The molecule has 0 bridgehead atoms. The quantitative estimate of drug-likeness (QED) is 0.399. The number of fused-ring (bicyclic) bond motifs is 1. The van der Waals surface area contributed by atoms with Crippen molar-refractivity contribution in [3.05, 3.63) is 72.1 Å². The van der Waals surface area contributed by atoms with Gasteiger partial charge in [-0.1, -0.05) is 35.2 Å². The number of hydrogen-bond donors (Lipinski definition) is 2. The number of benzene rings is 2. The van der Waals surface area contributed by atoms with Crippen LogP contribution in [0.4, 0.5) is 0 Å². The first-order chi connectivity index (χ1) is 14.7. The second-order valence-electron chi connectivity index (χ2n) is 6.41. The Kier molecular flexibility index (Phi) is 4.52. The summed E-state index contributed by atoms with van der Waals surface area (Å²) in [6.07, 6.45) is 1.79. The van der Waals surface area contributed by atoms with Gasteiger partial charge in [0.05, 0.1) is 23.1 Å². The summed E-state index contributed by atoms with van der Waals surface area (Å²) in [6, 6.07) is 16.1. The van der Waals surface area contributed by atoms with Crippen LogP contribution < -0.4 is 0 Å². The van der Waals surface area contributed by atoms with Crippen LogP contribution in [-0.2, 0) is 5.75 Å². The third-order valence-corrected chi connectivity index (χ3v) is 5.27. The molecular formula is C20H14N6O3S. The first-order valence-corrected chi connectivity index (χ1v) is 9.93. The van der Waals surface area contributed by atoms with Gasteiger partial charge in [-0.25, -0.2) is 9.48 Å². The number of nitrogens with one attached hydrogen (secondary N) is 1. The van der Waals surface area contributed by atoms with Crippen LogP contribution in [0.3, 0.4) is 0 Å². The summed E-state index contributed by atoms with van der Waals surface area (Å²) < 4.78 is 7.40. The summed E-state index contributed by atoms with van der Waals surface area (Å²) >= 11 is 1.42. The van der Waals surface area contributed by atoms with E-state index in [0.717, 1.165) is 22.4 Å². The Morgan fingerprint density at radius 2 is 2.00 bits per heavy atom. The standard InChI is InChI=1S/C20H14N6O3S/c27-19(28)12-5-7-15(8-6-12)26-10-14(22-25-26)11-30-20-21-18(23-24-20)17-9-13-3-1-2-4-16(13)29-17/h1-10H,11H2,(H,27,28)(H,21,23,24). The summed E-state index contributed by atoms with van der Waals surface area (Å²) in [5.74, 6) is 0.762. The number of para-hydroxylation sites is 1. The lowest BCUT2D eigenvalue weighted by Crippen LogP contribution is -1.98. The van der Waals surface area contributed by atoms with Gasteiger partial charge in [-0.2, -0.15) is 4.98 Å². The smallest absolute Gasteiger partial charge is 0.335 e. The number of carboxylic acids is 1. The molecule has 0 aliphatic rings. The zero-order chi connectivity index (χ0) is 20.5. The lowest BCUT2D eigenvalue weighted by Gasteiger charge is -2.00. The first-order valence-electron chi connectivity index (χ1n) is 8.95. The van der Waals surface area contributed by atoms with Gasteiger partial charge in [0, 0.05) is 11.1 Å². The van der Waals surface area contributed by atoms with Gasteiger partial charge in [0.2, 0.25) is 5.16 Å². The van der Waals surface area contributed by atoms with Gasteiger partial charge in [-0.05, 0) is 36.4 Å². The largest absolute Gasteiger partial charge is 0.478 e. The molecule has 0 saturated heterocycles. The van der Waals surface area contributed by atoms with E-state index in [2.05, 4.69) is 25.5 Å². The Morgan fingerprint density at radius 3 is 2.80 bits per heavy atom. The average Bonchev–Trinajstić information content (AvgIpc) is 3.51. The monoisotopic (exact) mass is 418 g/mol. The fourth-order valence-electron chi connectivity index (χ4n) is 2.91. The number of carboxylic acid groups (broad SMARTS) is 1. The molecule has 0 aliphatic carbocycles. The van der Waals surface area contributed by atoms with E-state index in [1.165, 1.54) is 23.9 Å². The predicted octanol–water partition coefficient (Wildman–Crippen LogP) is 3.79. The van der Waals surface area contributed by atoms with Crippen LogP contribution in [0.25, 0.3) is 28.2 Å². The molecule has 0 aliphatic heterocycles. The van der Waals surface area contributed by atoms with E-state index in [0.29, 0.717) is 22.5 Å². The number of aromatic carboxylic acids is 1. The molecule has 2 N–H and O–H groups in total. The van der Waals surface area contributed by atoms with Crippen molar-refractivity contribution in [1.82, 2.24) is 30.2 Å². The molecule has 0 atom stereocenters. The van der Waals surface area contributed by atoms with Crippen LogP contribution in [0.5, 0.6) is 0 Å². The lowest BCUT2D eigenvalue weighted by atomic mass is 10.2. The highest BCUT2D eigenvalue weighted by molar-refractivity contribution is 7.98. The topological polar surface area (TPSA) is 123 Å². The van der Waals surface area contributed by atoms with Crippen molar-refractivity contribution in [2.24, 2.45) is 0 Å². The highest BCUT2D eigenvalue weighted by Crippen LogP contribution is 2.27. The van der Waals surface area contributed by atoms with Gasteiger partial charge in [0.25, 0.3) is 0 Å². The number of furan rings is 1. The molecule has 0 radical (unpaired) electrons. The highest BCUT2D eigenvalue weighted by Gasteiger charge is 2.12. The van der Waals surface area contributed by atoms with Crippen molar-refractivity contribution < 1.29 is 14.3 Å². The maximum absolute atomic E-state index is 11.0. The second-order valence-corrected chi connectivity index (χ2v) is 7.35. The van der Waals surface area contributed by atoms with Gasteiger partial charge in [0.15, 0.2) is 11.6 Å². The molecule has 9 nitrogen and oxygen atoms in total. The van der Waals surface area contributed by atoms with Crippen molar-refractivity contribution in [1.29, 1.82) is 0 Å². The van der Waals surface area contributed by atoms with E-state index in [1.54, 1.807) is 23.0 Å². The summed E-state index contributed by atoms with van der Waals surface area (Å²) in [4.78, 5) is 15.4. The fourth-order valence-corrected chi connectivity index (χ4v) is 3.58. The summed E-state index contributed by atoms with van der Waals surface area (Å²) in [5, 5.41) is 25.9. The van der Waals surface area contributed by atoms with E-state index in [-0.39, 0.29) is 5.56 Å². The van der Waals surface area contributed by atoms with Crippen molar-refractivity contribution in [3.8, 4) is 17.3 Å². The minimum atomic E-state index is -0.967. The van der Waals surface area contributed by atoms with Gasteiger partial charge < -0.3 is 9.52 Å². The molecule has 148 valence electrons. The Labute approximate surface area is 173 Å². The number of thioether (sulfide) groups is 1. The Hall–Kier alpha value is -3.92. The number of H-pyrrole nitrogens is 1. The number of aromatic amines is 1. The van der Waals surface area contributed by atoms with Crippen LogP contribution in [0, 0.1) is 0 Å². The number of carbonyl (C=O) groups is 1. The van der Waals surface area contributed by atoms with E-state index in [4.69, 9.17) is 9.52 Å². The van der Waals surface area contributed by atoms with E-state index < -0.39 is 5.97 Å². The van der Waals surface area contributed by atoms with Crippen molar-refractivity contribution in [2.45, 2.75) is 10.9 Å².